The minimum absolute atomic E-state index is 0.00128. The molecule has 0 spiro atoms. The van der Waals surface area contributed by atoms with Gasteiger partial charge in [-0.15, -0.1) is 0 Å². The number of nitrogens with two attached hydrogens (primary N) is 2. The number of aliphatic carboxylic acids is 1. The maximum Gasteiger partial charge on any atom is 0.326 e. The number of hydrogen-bond acceptors (Lipinski definition) is 10. The largest absolute Gasteiger partial charge is 0.508 e. The third-order valence-corrected chi connectivity index (χ3v) is 6.96. The Morgan fingerprint density at radius 2 is 1.39 bits per heavy atom. The van der Waals surface area contributed by atoms with Gasteiger partial charge in [0.25, 0.3) is 0 Å². The first-order valence-corrected chi connectivity index (χ1v) is 14.6. The highest BCUT2D eigenvalue weighted by Gasteiger charge is 2.28. The molecule has 0 fully saturated rings. The number of amides is 4. The number of carbonyl (C=O) groups excluding carboxylic acids is 4. The zero-order valence-electron chi connectivity index (χ0n) is 25.1. The van der Waals surface area contributed by atoms with E-state index in [0.29, 0.717) is 36.3 Å². The van der Waals surface area contributed by atoms with Crippen molar-refractivity contribution in [3.8, 4) is 5.75 Å². The number of aromatic nitrogens is 4. The maximum atomic E-state index is 13.2. The van der Waals surface area contributed by atoms with Gasteiger partial charge in [-0.05, 0) is 43.5 Å². The van der Waals surface area contributed by atoms with Crippen LogP contribution in [0.25, 0.3) is 0 Å². The second-order valence-electron chi connectivity index (χ2n) is 10.6. The number of phenols is 1. The molecule has 46 heavy (non-hydrogen) atoms. The zero-order valence-corrected chi connectivity index (χ0v) is 25.1. The third-order valence-electron chi connectivity index (χ3n) is 6.96. The predicted molar refractivity (Wildman–Crippen MR) is 164 cm³/mol. The molecule has 1 aromatic carbocycles. The molecule has 17 nitrogen and oxygen atoms in total. The van der Waals surface area contributed by atoms with Gasteiger partial charge in [0, 0.05) is 43.0 Å². The molecular formula is C29H40N10O7. The van der Waals surface area contributed by atoms with Crippen LogP contribution in [0.3, 0.4) is 0 Å². The normalized spacial score (nSPS) is 13.5. The molecule has 0 aliphatic carbocycles. The van der Waals surface area contributed by atoms with E-state index in [4.69, 9.17) is 11.5 Å². The van der Waals surface area contributed by atoms with Crippen LogP contribution >= 0.6 is 0 Å². The van der Waals surface area contributed by atoms with E-state index < -0.39 is 60.3 Å². The number of carboxylic acids is 1. The summed E-state index contributed by atoms with van der Waals surface area (Å²) in [7, 11) is 0. The van der Waals surface area contributed by atoms with E-state index in [2.05, 4.69) is 41.2 Å². The molecule has 3 aromatic rings. The van der Waals surface area contributed by atoms with Crippen molar-refractivity contribution in [3.63, 3.8) is 0 Å². The summed E-state index contributed by atoms with van der Waals surface area (Å²) < 4.78 is 0. The van der Waals surface area contributed by atoms with E-state index in [-0.39, 0.29) is 31.4 Å². The van der Waals surface area contributed by atoms with Gasteiger partial charge in [-0.1, -0.05) is 12.1 Å². The predicted octanol–water partition coefficient (Wildman–Crippen LogP) is -2.02. The lowest BCUT2D eigenvalue weighted by Gasteiger charge is -2.23. The molecule has 2 aromatic heterocycles. The van der Waals surface area contributed by atoms with Crippen molar-refractivity contribution in [3.05, 3.63) is 66.3 Å². The number of nitrogens with one attached hydrogen (secondary N) is 6. The fourth-order valence-electron chi connectivity index (χ4n) is 4.47. The van der Waals surface area contributed by atoms with Gasteiger partial charge in [-0.3, -0.25) is 19.2 Å². The van der Waals surface area contributed by atoms with Crippen LogP contribution in [0.1, 0.15) is 36.2 Å². The van der Waals surface area contributed by atoms with E-state index >= 15 is 0 Å². The number of H-pyrrole nitrogens is 2. The molecule has 3 rings (SSSR count). The quantitative estimate of drug-likeness (QED) is 0.0638. The third kappa shape index (κ3) is 11.7. The molecule has 0 saturated heterocycles. The Labute approximate surface area is 264 Å². The van der Waals surface area contributed by atoms with Crippen LogP contribution in [0.5, 0.6) is 5.75 Å². The number of nitrogens with zero attached hydrogens (tertiary/aromatic N) is 2. The summed E-state index contributed by atoms with van der Waals surface area (Å²) in [6.07, 6.45) is 7.19. The van der Waals surface area contributed by atoms with Crippen molar-refractivity contribution in [1.82, 2.24) is 41.2 Å². The van der Waals surface area contributed by atoms with Gasteiger partial charge >= 0.3 is 5.97 Å². The fraction of sp³-hybridized carbons (Fsp3) is 0.414. The van der Waals surface area contributed by atoms with Gasteiger partial charge in [-0.25, -0.2) is 14.8 Å². The lowest BCUT2D eigenvalue weighted by Crippen LogP contribution is -2.56. The number of carbonyl (C=O) groups is 5. The van der Waals surface area contributed by atoms with Crippen molar-refractivity contribution in [2.75, 3.05) is 13.1 Å². The van der Waals surface area contributed by atoms with E-state index in [0.717, 1.165) is 0 Å². The Balaban J connectivity index is 1.66. The number of carboxylic acid groups (broad SMARTS) is 1. The number of unbranched alkanes of at least 4 members (excludes halogenated alkanes) is 1. The topological polar surface area (TPSA) is 283 Å². The molecule has 4 atom stereocenters. The van der Waals surface area contributed by atoms with Gasteiger partial charge in [0.2, 0.25) is 23.6 Å². The summed E-state index contributed by atoms with van der Waals surface area (Å²) in [5, 5.41) is 29.3. The molecule has 0 saturated carbocycles. The molecular weight excluding hydrogens is 600 g/mol. The van der Waals surface area contributed by atoms with Gasteiger partial charge < -0.3 is 52.9 Å². The lowest BCUT2D eigenvalue weighted by molar-refractivity contribution is -0.142. The molecule has 2 heterocycles. The highest BCUT2D eigenvalue weighted by molar-refractivity contribution is 5.94. The van der Waals surface area contributed by atoms with Crippen LogP contribution in [-0.2, 0) is 43.2 Å². The molecule has 0 unspecified atom stereocenters. The number of hydrogen-bond donors (Lipinski definition) is 10. The minimum atomic E-state index is -1.23. The molecule has 0 bridgehead atoms. The average molecular weight is 641 g/mol. The first-order chi connectivity index (χ1) is 22.0. The molecule has 0 radical (unpaired) electrons. The smallest absolute Gasteiger partial charge is 0.326 e. The molecule has 248 valence electrons. The van der Waals surface area contributed by atoms with Gasteiger partial charge in [0.1, 0.15) is 23.9 Å². The van der Waals surface area contributed by atoms with E-state index in [1.54, 1.807) is 12.1 Å². The lowest BCUT2D eigenvalue weighted by atomic mass is 10.0. The first-order valence-electron chi connectivity index (χ1n) is 14.6. The summed E-state index contributed by atoms with van der Waals surface area (Å²) >= 11 is 0. The van der Waals surface area contributed by atoms with Crippen LogP contribution in [0.2, 0.25) is 0 Å². The van der Waals surface area contributed by atoms with Crippen molar-refractivity contribution in [1.29, 1.82) is 0 Å². The Bertz CT molecular complexity index is 1410. The summed E-state index contributed by atoms with van der Waals surface area (Å²) in [6.45, 7) is -0.192. The summed E-state index contributed by atoms with van der Waals surface area (Å²) in [5.74, 6) is -4.03. The highest BCUT2D eigenvalue weighted by atomic mass is 16.4. The number of aromatic hydroxyl groups is 1. The molecule has 12 N–H and O–H groups in total. The van der Waals surface area contributed by atoms with Gasteiger partial charge in [0.05, 0.1) is 25.2 Å². The number of phenolic OH excluding ortho intramolecular Hbond substituents is 1. The summed E-state index contributed by atoms with van der Waals surface area (Å²) in [6, 6.07) is 1.39. The molecule has 0 aliphatic heterocycles. The number of aromatic amines is 2. The number of benzene rings is 1. The zero-order chi connectivity index (χ0) is 33.5. The highest BCUT2D eigenvalue weighted by Crippen LogP contribution is 2.12. The van der Waals surface area contributed by atoms with Gasteiger partial charge in [0.15, 0.2) is 0 Å². The van der Waals surface area contributed by atoms with E-state index in [1.165, 1.54) is 37.2 Å². The van der Waals surface area contributed by atoms with Gasteiger partial charge in [-0.2, -0.15) is 0 Å². The van der Waals surface area contributed by atoms with Crippen molar-refractivity contribution < 1.29 is 34.2 Å². The second-order valence-corrected chi connectivity index (χ2v) is 10.6. The van der Waals surface area contributed by atoms with Crippen LogP contribution in [-0.4, -0.2) is 97.0 Å². The van der Waals surface area contributed by atoms with Crippen LogP contribution in [0, 0.1) is 0 Å². The van der Waals surface area contributed by atoms with Crippen molar-refractivity contribution >= 4 is 29.6 Å². The summed E-state index contributed by atoms with van der Waals surface area (Å²) in [5.41, 5.74) is 13.3. The Kier molecular flexibility index (Phi) is 13.7. The van der Waals surface area contributed by atoms with Crippen LogP contribution < -0.4 is 32.7 Å². The molecule has 4 amide bonds. The van der Waals surface area contributed by atoms with E-state index in [1.807, 2.05) is 0 Å². The number of rotatable bonds is 19. The van der Waals surface area contributed by atoms with Crippen molar-refractivity contribution in [2.45, 2.75) is 62.7 Å². The Morgan fingerprint density at radius 1 is 0.783 bits per heavy atom. The molecule has 17 heteroatoms. The minimum Gasteiger partial charge on any atom is -0.508 e. The fourth-order valence-corrected chi connectivity index (χ4v) is 4.47. The molecule has 0 aliphatic rings. The van der Waals surface area contributed by atoms with Crippen LogP contribution in [0.4, 0.5) is 0 Å². The second kappa shape index (κ2) is 17.9. The maximum absolute atomic E-state index is 13.2. The van der Waals surface area contributed by atoms with Crippen LogP contribution in [0.15, 0.2) is 49.3 Å². The summed E-state index contributed by atoms with van der Waals surface area (Å²) in [4.78, 5) is 77.4. The standard InChI is InChI=1S/C29H40N10O7/c30-8-2-1-3-22(29(45)46)38-28(44)23(9-17-4-6-20(40)7-5-17)37-25(41)14-34-27(43)24(11-19-13-33-16-36-19)39-26(42)21(31)10-18-12-32-15-35-18/h4-7,12-13,15-16,21-24,40H,1-3,8-11,14,30-31H2,(H,32,35)(H,33,36)(H,34,43)(H,37,41)(H,38,44)(H,39,42)(H,45,46)/t21-,22-,23-,24-/m0/s1. The first kappa shape index (κ1) is 35.2. The number of imidazole rings is 2. The monoisotopic (exact) mass is 640 g/mol. The van der Waals surface area contributed by atoms with Crippen molar-refractivity contribution in [2.24, 2.45) is 11.5 Å². The average Bonchev–Trinajstić information content (AvgIpc) is 3.74. The SMILES string of the molecule is NCCCC[C@H](NC(=O)[C@H](Cc1ccc(O)cc1)NC(=O)CNC(=O)[C@H](Cc1cnc[nH]1)NC(=O)[C@@H](N)Cc1cnc[nH]1)C(=O)O. The Hall–Kier alpha value is -5.29. The van der Waals surface area contributed by atoms with E-state index in [9.17, 15) is 34.2 Å². The Morgan fingerprint density at radius 3 is 1.98 bits per heavy atom.